The first-order valence-electron chi connectivity index (χ1n) is 4.42. The van der Waals surface area contributed by atoms with E-state index in [1.54, 1.807) is 6.07 Å². The van der Waals surface area contributed by atoms with E-state index >= 15 is 0 Å². The Morgan fingerprint density at radius 1 is 1.40 bits per heavy atom. The third kappa shape index (κ3) is 3.78. The molecule has 0 saturated heterocycles. The number of nitro groups is 1. The lowest BCUT2D eigenvalue weighted by Crippen LogP contribution is -2.29. The van der Waals surface area contributed by atoms with Gasteiger partial charge in [-0.3, -0.25) is 10.1 Å². The van der Waals surface area contributed by atoms with Crippen LogP contribution in [0.1, 0.15) is 0 Å². The Labute approximate surface area is 103 Å². The fraction of sp³-hybridized carbons (Fsp3) is 0.333. The molecule has 0 heterocycles. The molecule has 0 atom stereocenters. The van der Waals surface area contributed by atoms with Gasteiger partial charge in [-0.1, -0.05) is 0 Å². The van der Waals surface area contributed by atoms with Gasteiger partial charge in [-0.25, -0.2) is 0 Å². The number of hydrogen-bond acceptors (Lipinski definition) is 3. The zero-order valence-electron chi connectivity index (χ0n) is 8.78. The van der Waals surface area contributed by atoms with E-state index in [0.29, 0.717) is 5.75 Å². The Kier molecular flexibility index (Phi) is 3.71. The second-order valence-corrected chi connectivity index (χ2v) is 9.68. The second kappa shape index (κ2) is 4.48. The summed E-state index contributed by atoms with van der Waals surface area (Å²) in [4.78, 5) is 10.2. The molecule has 0 aromatic heterocycles. The quantitative estimate of drug-likeness (QED) is 0.368. The van der Waals surface area contributed by atoms with Crippen molar-refractivity contribution in [3.63, 3.8) is 0 Å². The van der Waals surface area contributed by atoms with E-state index in [4.69, 9.17) is 4.43 Å². The maximum atomic E-state index is 10.6. The van der Waals surface area contributed by atoms with Crippen LogP contribution in [0.4, 0.5) is 5.69 Å². The van der Waals surface area contributed by atoms with E-state index in [1.807, 2.05) is 19.6 Å². The van der Waals surface area contributed by atoms with Crippen molar-refractivity contribution in [3.8, 4) is 5.75 Å². The summed E-state index contributed by atoms with van der Waals surface area (Å²) in [5, 5.41) is 10.6. The van der Waals surface area contributed by atoms with E-state index < -0.39 is 13.2 Å². The van der Waals surface area contributed by atoms with E-state index in [0.717, 1.165) is 3.57 Å². The van der Waals surface area contributed by atoms with Crippen molar-refractivity contribution in [2.45, 2.75) is 19.6 Å². The van der Waals surface area contributed by atoms with Crippen LogP contribution in [0.5, 0.6) is 5.75 Å². The van der Waals surface area contributed by atoms with Gasteiger partial charge in [0.2, 0.25) is 8.32 Å². The minimum absolute atomic E-state index is 0.0728. The lowest BCUT2D eigenvalue weighted by Gasteiger charge is -2.19. The summed E-state index contributed by atoms with van der Waals surface area (Å²) in [5.41, 5.74) is 0.0728. The normalized spacial score (nSPS) is 11.2. The Morgan fingerprint density at radius 3 is 2.47 bits per heavy atom. The van der Waals surface area contributed by atoms with Gasteiger partial charge in [0.25, 0.3) is 5.69 Å². The van der Waals surface area contributed by atoms with E-state index in [-0.39, 0.29) is 5.69 Å². The molecule has 82 valence electrons. The summed E-state index contributed by atoms with van der Waals surface area (Å²) in [6, 6.07) is 4.67. The van der Waals surface area contributed by atoms with Crippen LogP contribution >= 0.6 is 22.6 Å². The van der Waals surface area contributed by atoms with Crippen LogP contribution in [0, 0.1) is 13.7 Å². The van der Waals surface area contributed by atoms with Crippen molar-refractivity contribution in [2.24, 2.45) is 0 Å². The first-order chi connectivity index (χ1) is 6.79. The average Bonchev–Trinajstić information content (AvgIpc) is 2.06. The molecule has 6 heteroatoms. The van der Waals surface area contributed by atoms with Crippen LogP contribution in [0.15, 0.2) is 18.2 Å². The molecule has 1 aromatic rings. The standard InChI is InChI=1S/C9H12INO3Si/c1-15(2,3)14-9-6-7(11(12)13)4-5-8(9)10/h4-6H,1-3H3. The molecule has 0 amide bonds. The zero-order chi connectivity index (χ0) is 11.6. The fourth-order valence-electron chi connectivity index (χ4n) is 1.01. The molecule has 15 heavy (non-hydrogen) atoms. The number of nitrogens with zero attached hydrogens (tertiary/aromatic N) is 1. The number of rotatable bonds is 3. The first kappa shape index (κ1) is 12.4. The molecule has 0 aliphatic carbocycles. The molecule has 1 aromatic carbocycles. The molecule has 0 saturated carbocycles. The van der Waals surface area contributed by atoms with Gasteiger partial charge in [0.15, 0.2) is 0 Å². The molecule has 0 bridgehead atoms. The Bertz CT molecular complexity index is 389. The zero-order valence-corrected chi connectivity index (χ0v) is 11.9. The molecular formula is C9H12INO3Si. The van der Waals surface area contributed by atoms with Crippen LogP contribution < -0.4 is 4.43 Å². The van der Waals surface area contributed by atoms with Crippen LogP contribution in [0.2, 0.25) is 19.6 Å². The smallest absolute Gasteiger partial charge is 0.273 e. The van der Waals surface area contributed by atoms with Gasteiger partial charge >= 0.3 is 0 Å². The van der Waals surface area contributed by atoms with Gasteiger partial charge in [-0.15, -0.1) is 0 Å². The summed E-state index contributed by atoms with van der Waals surface area (Å²) in [6.07, 6.45) is 0. The van der Waals surface area contributed by atoms with Crippen molar-refractivity contribution in [1.82, 2.24) is 0 Å². The van der Waals surface area contributed by atoms with Crippen molar-refractivity contribution in [3.05, 3.63) is 31.9 Å². The lowest BCUT2D eigenvalue weighted by molar-refractivity contribution is -0.384. The van der Waals surface area contributed by atoms with Crippen LogP contribution in [-0.4, -0.2) is 13.2 Å². The predicted octanol–water partition coefficient (Wildman–Crippen LogP) is 3.41. The molecule has 1 rings (SSSR count). The summed E-state index contributed by atoms with van der Waals surface area (Å²) < 4.78 is 6.65. The highest BCUT2D eigenvalue weighted by Crippen LogP contribution is 2.28. The van der Waals surface area contributed by atoms with Crippen molar-refractivity contribution >= 4 is 36.6 Å². The molecule has 0 spiro atoms. The van der Waals surface area contributed by atoms with E-state index in [2.05, 4.69) is 22.6 Å². The van der Waals surface area contributed by atoms with Crippen molar-refractivity contribution in [2.75, 3.05) is 0 Å². The van der Waals surface area contributed by atoms with Gasteiger partial charge < -0.3 is 4.43 Å². The highest BCUT2D eigenvalue weighted by atomic mass is 127. The van der Waals surface area contributed by atoms with Gasteiger partial charge in [0, 0.05) is 6.07 Å². The number of nitro benzene ring substituents is 1. The summed E-state index contributed by atoms with van der Waals surface area (Å²) in [7, 11) is -1.71. The largest absolute Gasteiger partial charge is 0.543 e. The lowest BCUT2D eigenvalue weighted by atomic mass is 10.3. The third-order valence-electron chi connectivity index (χ3n) is 1.54. The van der Waals surface area contributed by atoms with Crippen LogP contribution in [-0.2, 0) is 0 Å². The van der Waals surface area contributed by atoms with Crippen LogP contribution in [0.3, 0.4) is 0 Å². The fourth-order valence-corrected chi connectivity index (χ4v) is 2.50. The van der Waals surface area contributed by atoms with Crippen LogP contribution in [0.25, 0.3) is 0 Å². The molecule has 0 radical (unpaired) electrons. The van der Waals surface area contributed by atoms with Crippen molar-refractivity contribution < 1.29 is 9.35 Å². The molecule has 4 nitrogen and oxygen atoms in total. The van der Waals surface area contributed by atoms with Crippen molar-refractivity contribution in [1.29, 1.82) is 0 Å². The summed E-state index contributed by atoms with van der Waals surface area (Å²) in [5.74, 6) is 0.615. The number of halogens is 1. The molecule has 0 aliphatic heterocycles. The molecule has 0 fully saturated rings. The topological polar surface area (TPSA) is 52.4 Å². The summed E-state index contributed by atoms with van der Waals surface area (Å²) in [6.45, 7) is 6.13. The maximum Gasteiger partial charge on any atom is 0.273 e. The Morgan fingerprint density at radius 2 is 2.00 bits per heavy atom. The second-order valence-electron chi connectivity index (χ2n) is 4.09. The molecule has 0 unspecified atom stereocenters. The molecule has 0 N–H and O–H groups in total. The minimum atomic E-state index is -1.71. The Hall–Kier alpha value is -0.633. The van der Waals surface area contributed by atoms with E-state index in [1.165, 1.54) is 12.1 Å². The highest BCUT2D eigenvalue weighted by Gasteiger charge is 2.19. The molecular weight excluding hydrogens is 325 g/mol. The summed E-state index contributed by atoms with van der Waals surface area (Å²) >= 11 is 2.12. The van der Waals surface area contributed by atoms with E-state index in [9.17, 15) is 10.1 Å². The Balaban J connectivity index is 3.06. The third-order valence-corrected chi connectivity index (χ3v) is 3.27. The number of hydrogen-bond donors (Lipinski definition) is 0. The maximum absolute atomic E-state index is 10.6. The average molecular weight is 337 g/mol. The predicted molar refractivity (Wildman–Crippen MR) is 69.8 cm³/mol. The van der Waals surface area contributed by atoms with Gasteiger partial charge in [-0.2, -0.15) is 0 Å². The monoisotopic (exact) mass is 337 g/mol. The van der Waals surface area contributed by atoms with Gasteiger partial charge in [0.05, 0.1) is 14.6 Å². The van der Waals surface area contributed by atoms with Gasteiger partial charge in [0.1, 0.15) is 5.75 Å². The first-order valence-corrected chi connectivity index (χ1v) is 8.91. The molecule has 0 aliphatic rings. The number of benzene rings is 1. The highest BCUT2D eigenvalue weighted by molar-refractivity contribution is 14.1. The SMILES string of the molecule is C[Si](C)(C)Oc1cc([N+](=O)[O-])ccc1I. The van der Waals surface area contributed by atoms with Gasteiger partial charge in [-0.05, 0) is 48.3 Å². The number of non-ortho nitro benzene ring substituents is 1. The minimum Gasteiger partial charge on any atom is -0.543 e.